The second kappa shape index (κ2) is 4.18. The number of hydrogen-bond donors (Lipinski definition) is 2. The number of alkyl halides is 1. The molecule has 0 aliphatic carbocycles. The molecule has 1 rings (SSSR count). The van der Waals surface area contributed by atoms with E-state index in [1.165, 1.54) is 0 Å². The van der Waals surface area contributed by atoms with E-state index in [1.54, 1.807) is 13.8 Å². The summed E-state index contributed by atoms with van der Waals surface area (Å²) in [6.45, 7) is 3.35. The summed E-state index contributed by atoms with van der Waals surface area (Å²) in [5.41, 5.74) is 0. The smallest absolute Gasteiger partial charge is 0.238 e. The van der Waals surface area contributed by atoms with Gasteiger partial charge in [0.2, 0.25) is 5.91 Å². The van der Waals surface area contributed by atoms with Gasteiger partial charge in [-0.3, -0.25) is 4.79 Å². The van der Waals surface area contributed by atoms with Crippen molar-refractivity contribution in [1.29, 1.82) is 0 Å². The Morgan fingerprint density at radius 2 is 2.31 bits per heavy atom. The van der Waals surface area contributed by atoms with Gasteiger partial charge < -0.3 is 5.32 Å². The van der Waals surface area contributed by atoms with Crippen LogP contribution in [0.4, 0.5) is 0 Å². The summed E-state index contributed by atoms with van der Waals surface area (Å²) in [4.78, 5) is 11.1. The molecule has 6 nitrogen and oxygen atoms in total. The molecule has 7 heteroatoms. The van der Waals surface area contributed by atoms with Crippen LogP contribution in [0.25, 0.3) is 0 Å². The number of halogens is 1. The molecule has 1 aromatic rings. The third-order valence-corrected chi connectivity index (χ3v) is 1.67. The third kappa shape index (κ3) is 2.66. The van der Waals surface area contributed by atoms with Crippen LogP contribution in [0.1, 0.15) is 25.7 Å². The van der Waals surface area contributed by atoms with Crippen molar-refractivity contribution in [2.45, 2.75) is 25.3 Å². The number of tetrazole rings is 1. The molecule has 2 N–H and O–H groups in total. The topological polar surface area (TPSA) is 83.6 Å². The number of aromatic nitrogens is 4. The van der Waals surface area contributed by atoms with E-state index in [-0.39, 0.29) is 11.9 Å². The average Bonchev–Trinajstić information content (AvgIpc) is 2.55. The molecule has 0 fully saturated rings. The second-order valence-electron chi connectivity index (χ2n) is 2.62. The van der Waals surface area contributed by atoms with E-state index in [1.807, 2.05) is 0 Å². The van der Waals surface area contributed by atoms with E-state index in [0.717, 1.165) is 0 Å². The van der Waals surface area contributed by atoms with Crippen molar-refractivity contribution in [3.63, 3.8) is 0 Å². The first-order valence-corrected chi connectivity index (χ1v) is 4.22. The molecular weight excluding hydrogens is 194 g/mol. The van der Waals surface area contributed by atoms with Crippen molar-refractivity contribution in [2.75, 3.05) is 0 Å². The third-order valence-electron chi connectivity index (χ3n) is 1.47. The fourth-order valence-corrected chi connectivity index (χ4v) is 0.809. The highest BCUT2D eigenvalue weighted by Crippen LogP contribution is 2.04. The van der Waals surface area contributed by atoms with Gasteiger partial charge in [0.05, 0.1) is 6.04 Å². The van der Waals surface area contributed by atoms with Gasteiger partial charge in [-0.15, -0.1) is 21.8 Å². The van der Waals surface area contributed by atoms with E-state index in [0.29, 0.717) is 5.82 Å². The number of carbonyl (C=O) groups is 1. The first kappa shape index (κ1) is 9.91. The largest absolute Gasteiger partial charge is 0.345 e. The van der Waals surface area contributed by atoms with Gasteiger partial charge >= 0.3 is 0 Å². The van der Waals surface area contributed by atoms with Crippen molar-refractivity contribution in [2.24, 2.45) is 0 Å². The number of rotatable bonds is 3. The molecule has 0 spiro atoms. The van der Waals surface area contributed by atoms with Crippen LogP contribution < -0.4 is 5.32 Å². The van der Waals surface area contributed by atoms with Gasteiger partial charge in [0.15, 0.2) is 5.82 Å². The predicted molar refractivity (Wildman–Crippen MR) is 46.1 cm³/mol. The Labute approximate surface area is 80.0 Å². The molecule has 0 saturated carbocycles. The van der Waals surface area contributed by atoms with E-state index in [4.69, 9.17) is 11.6 Å². The Balaban J connectivity index is 2.51. The Kier molecular flexibility index (Phi) is 3.18. The van der Waals surface area contributed by atoms with E-state index < -0.39 is 5.38 Å². The van der Waals surface area contributed by atoms with E-state index in [2.05, 4.69) is 25.9 Å². The number of nitrogens with one attached hydrogen (secondary N) is 2. The summed E-state index contributed by atoms with van der Waals surface area (Å²) in [6.07, 6.45) is 0. The van der Waals surface area contributed by atoms with Crippen LogP contribution >= 0.6 is 11.6 Å². The summed E-state index contributed by atoms with van der Waals surface area (Å²) in [5.74, 6) is 0.185. The molecule has 13 heavy (non-hydrogen) atoms. The summed E-state index contributed by atoms with van der Waals surface area (Å²) in [6, 6.07) is -0.285. The maximum atomic E-state index is 11.1. The lowest BCUT2D eigenvalue weighted by molar-refractivity contribution is -0.121. The highest BCUT2D eigenvalue weighted by atomic mass is 35.5. The molecule has 1 heterocycles. The fraction of sp³-hybridized carbons (Fsp3) is 0.667. The summed E-state index contributed by atoms with van der Waals surface area (Å²) < 4.78 is 0. The summed E-state index contributed by atoms with van der Waals surface area (Å²) >= 11 is 5.56. The first-order chi connectivity index (χ1) is 6.11. The summed E-state index contributed by atoms with van der Waals surface area (Å²) in [5, 5.41) is 15.2. The number of aromatic amines is 1. The van der Waals surface area contributed by atoms with Crippen LogP contribution in [0.5, 0.6) is 0 Å². The SMILES string of the molecule is CC(Cl)C(=O)NC(C)c1nn[nH]n1. The molecule has 0 aromatic carbocycles. The van der Waals surface area contributed by atoms with Crippen LogP contribution in [0.15, 0.2) is 0 Å². The molecular formula is C6H10ClN5O. The Morgan fingerprint density at radius 1 is 1.62 bits per heavy atom. The summed E-state index contributed by atoms with van der Waals surface area (Å²) in [7, 11) is 0. The number of carbonyl (C=O) groups excluding carboxylic acids is 1. The van der Waals surface area contributed by atoms with Crippen LogP contribution in [0.2, 0.25) is 0 Å². The van der Waals surface area contributed by atoms with E-state index in [9.17, 15) is 4.79 Å². The fourth-order valence-electron chi connectivity index (χ4n) is 0.746. The molecule has 2 atom stereocenters. The number of nitrogens with zero attached hydrogens (tertiary/aromatic N) is 3. The van der Waals surface area contributed by atoms with E-state index >= 15 is 0 Å². The number of H-pyrrole nitrogens is 1. The van der Waals surface area contributed by atoms with Crippen molar-refractivity contribution >= 4 is 17.5 Å². The lowest BCUT2D eigenvalue weighted by Crippen LogP contribution is -2.32. The van der Waals surface area contributed by atoms with Gasteiger partial charge in [-0.2, -0.15) is 5.21 Å². The zero-order valence-corrected chi connectivity index (χ0v) is 8.04. The highest BCUT2D eigenvalue weighted by molar-refractivity contribution is 6.30. The predicted octanol–water partition coefficient (Wildman–Crippen LogP) is 0.00420. The van der Waals surface area contributed by atoms with Crippen LogP contribution in [-0.2, 0) is 4.79 Å². The minimum absolute atomic E-state index is 0.251. The van der Waals surface area contributed by atoms with Crippen molar-refractivity contribution < 1.29 is 4.79 Å². The average molecular weight is 204 g/mol. The Bertz CT molecular complexity index is 273. The number of amides is 1. The first-order valence-electron chi connectivity index (χ1n) is 3.79. The zero-order valence-electron chi connectivity index (χ0n) is 7.28. The van der Waals surface area contributed by atoms with Crippen molar-refractivity contribution in [3.8, 4) is 0 Å². The van der Waals surface area contributed by atoms with Gasteiger partial charge in [-0.25, -0.2) is 0 Å². The zero-order chi connectivity index (χ0) is 9.84. The van der Waals surface area contributed by atoms with Crippen molar-refractivity contribution in [1.82, 2.24) is 25.9 Å². The maximum absolute atomic E-state index is 11.1. The van der Waals surface area contributed by atoms with Crippen LogP contribution in [0, 0.1) is 0 Å². The lowest BCUT2D eigenvalue weighted by atomic mass is 10.3. The molecule has 0 bridgehead atoms. The Morgan fingerprint density at radius 3 is 2.77 bits per heavy atom. The molecule has 0 saturated heterocycles. The molecule has 1 aromatic heterocycles. The molecule has 72 valence electrons. The maximum Gasteiger partial charge on any atom is 0.238 e. The van der Waals surface area contributed by atoms with Crippen molar-refractivity contribution in [3.05, 3.63) is 5.82 Å². The second-order valence-corrected chi connectivity index (χ2v) is 3.27. The normalized spacial score (nSPS) is 15.0. The molecule has 2 unspecified atom stereocenters. The molecule has 0 radical (unpaired) electrons. The lowest BCUT2D eigenvalue weighted by Gasteiger charge is -2.10. The van der Waals surface area contributed by atoms with Gasteiger partial charge in [-0.05, 0) is 13.8 Å². The molecule has 0 aliphatic rings. The van der Waals surface area contributed by atoms with Crippen LogP contribution in [-0.4, -0.2) is 31.9 Å². The minimum Gasteiger partial charge on any atom is -0.345 e. The monoisotopic (exact) mass is 203 g/mol. The van der Waals surface area contributed by atoms with Gasteiger partial charge in [0, 0.05) is 0 Å². The molecule has 1 amide bonds. The molecule has 0 aliphatic heterocycles. The standard InChI is InChI=1S/C6H10ClN5O/c1-3(7)6(13)8-4(2)5-9-11-12-10-5/h3-4H,1-2H3,(H,8,13)(H,9,10,11,12). The quantitative estimate of drug-likeness (QED) is 0.678. The highest BCUT2D eigenvalue weighted by Gasteiger charge is 2.16. The van der Waals surface area contributed by atoms with Gasteiger partial charge in [0.25, 0.3) is 0 Å². The van der Waals surface area contributed by atoms with Crippen LogP contribution in [0.3, 0.4) is 0 Å². The Hall–Kier alpha value is -1.17. The van der Waals surface area contributed by atoms with Gasteiger partial charge in [-0.1, -0.05) is 5.21 Å². The van der Waals surface area contributed by atoms with Gasteiger partial charge in [0.1, 0.15) is 5.38 Å². The number of hydrogen-bond acceptors (Lipinski definition) is 4. The minimum atomic E-state index is -0.561.